The molecule has 1 saturated heterocycles. The van der Waals surface area contributed by atoms with Crippen LogP contribution in [0.15, 0.2) is 18.2 Å². The van der Waals surface area contributed by atoms with Gasteiger partial charge in [-0.3, -0.25) is 4.79 Å². The molecule has 0 radical (unpaired) electrons. The fourth-order valence-corrected chi connectivity index (χ4v) is 2.99. The summed E-state index contributed by atoms with van der Waals surface area (Å²) in [6.07, 6.45) is 1.26. The normalized spacial score (nSPS) is 15.4. The summed E-state index contributed by atoms with van der Waals surface area (Å²) >= 11 is 0. The van der Waals surface area contributed by atoms with Gasteiger partial charge < -0.3 is 20.9 Å². The van der Waals surface area contributed by atoms with Gasteiger partial charge in [0.05, 0.1) is 5.69 Å². The minimum absolute atomic E-state index is 0.0153. The summed E-state index contributed by atoms with van der Waals surface area (Å²) in [5.41, 5.74) is 5.69. The molecular weight excluding hydrogens is 325 g/mol. The van der Waals surface area contributed by atoms with Crippen LogP contribution in [0.3, 0.4) is 0 Å². The number of carbonyl (C=O) groups excluding carboxylic acids is 2. The van der Waals surface area contributed by atoms with Gasteiger partial charge in [-0.1, -0.05) is 19.4 Å². The summed E-state index contributed by atoms with van der Waals surface area (Å²) < 4.78 is 13.8. The largest absolute Gasteiger partial charge is 0.367 e. The standard InChI is InChI=1S/C17H22FN5O2/c1-2-4-14(21-17(20)25)16(24)23-9-7-22(8-10-23)15-6-3-5-13(18)12(15)11-19/h3,5-6,14H,2,4,7-10H2,1H3,(H3,20,21,25)/t14-/m1/s1. The van der Waals surface area contributed by atoms with Crippen LogP contribution in [0.25, 0.3) is 0 Å². The van der Waals surface area contributed by atoms with E-state index in [2.05, 4.69) is 5.32 Å². The van der Waals surface area contributed by atoms with Crippen molar-refractivity contribution in [3.8, 4) is 6.07 Å². The van der Waals surface area contributed by atoms with Crippen molar-refractivity contribution >= 4 is 17.6 Å². The fraction of sp³-hybridized carbons (Fsp3) is 0.471. The van der Waals surface area contributed by atoms with Crippen LogP contribution in [0.1, 0.15) is 25.3 Å². The molecule has 0 aliphatic carbocycles. The lowest BCUT2D eigenvalue weighted by molar-refractivity contribution is -0.133. The smallest absolute Gasteiger partial charge is 0.312 e. The molecule has 0 unspecified atom stereocenters. The number of amides is 3. The molecule has 8 heteroatoms. The molecule has 0 aromatic heterocycles. The first kappa shape index (κ1) is 18.5. The van der Waals surface area contributed by atoms with Gasteiger partial charge in [0, 0.05) is 26.2 Å². The zero-order valence-corrected chi connectivity index (χ0v) is 14.2. The first-order valence-corrected chi connectivity index (χ1v) is 8.26. The van der Waals surface area contributed by atoms with E-state index in [0.717, 1.165) is 6.42 Å². The van der Waals surface area contributed by atoms with E-state index < -0.39 is 17.9 Å². The van der Waals surface area contributed by atoms with Crippen LogP contribution in [0, 0.1) is 17.1 Å². The maximum absolute atomic E-state index is 13.8. The number of carbonyl (C=O) groups is 2. The second kappa shape index (κ2) is 8.33. The van der Waals surface area contributed by atoms with Crippen LogP contribution < -0.4 is 16.0 Å². The minimum Gasteiger partial charge on any atom is -0.367 e. The van der Waals surface area contributed by atoms with E-state index in [9.17, 15) is 14.0 Å². The highest BCUT2D eigenvalue weighted by Gasteiger charge is 2.28. The first-order valence-electron chi connectivity index (χ1n) is 8.26. The fourth-order valence-electron chi connectivity index (χ4n) is 2.99. The van der Waals surface area contributed by atoms with Gasteiger partial charge in [-0.2, -0.15) is 5.26 Å². The molecular formula is C17H22FN5O2. The number of nitrogens with zero attached hydrogens (tertiary/aromatic N) is 3. The number of nitriles is 1. The monoisotopic (exact) mass is 347 g/mol. The number of urea groups is 1. The van der Waals surface area contributed by atoms with E-state index in [0.29, 0.717) is 38.3 Å². The van der Waals surface area contributed by atoms with E-state index in [-0.39, 0.29) is 11.5 Å². The molecule has 1 aliphatic rings. The number of piperazine rings is 1. The minimum atomic E-state index is -0.719. The van der Waals surface area contributed by atoms with Crippen molar-refractivity contribution in [2.24, 2.45) is 5.73 Å². The molecule has 1 atom stereocenters. The number of hydrogen-bond donors (Lipinski definition) is 2. The molecule has 1 aromatic carbocycles. The van der Waals surface area contributed by atoms with Crippen LogP contribution in [0.5, 0.6) is 0 Å². The highest BCUT2D eigenvalue weighted by molar-refractivity contribution is 5.86. The lowest BCUT2D eigenvalue weighted by atomic mass is 10.1. The zero-order valence-electron chi connectivity index (χ0n) is 14.2. The number of anilines is 1. The molecule has 0 saturated carbocycles. The Bertz CT molecular complexity index is 680. The van der Waals surface area contributed by atoms with E-state index >= 15 is 0 Å². The third-order valence-electron chi connectivity index (χ3n) is 4.23. The van der Waals surface area contributed by atoms with Gasteiger partial charge in [0.2, 0.25) is 5.91 Å². The molecule has 0 bridgehead atoms. The van der Waals surface area contributed by atoms with Gasteiger partial charge in [-0.05, 0) is 18.6 Å². The number of nitrogens with one attached hydrogen (secondary N) is 1. The zero-order chi connectivity index (χ0) is 18.4. The predicted octanol–water partition coefficient (Wildman–Crippen LogP) is 1.18. The van der Waals surface area contributed by atoms with Crippen molar-refractivity contribution in [3.05, 3.63) is 29.6 Å². The predicted molar refractivity (Wildman–Crippen MR) is 91.3 cm³/mol. The lowest BCUT2D eigenvalue weighted by Gasteiger charge is -2.37. The van der Waals surface area contributed by atoms with Crippen molar-refractivity contribution in [1.82, 2.24) is 10.2 Å². The van der Waals surface area contributed by atoms with Crippen molar-refractivity contribution in [2.45, 2.75) is 25.8 Å². The van der Waals surface area contributed by atoms with Crippen LogP contribution in [-0.4, -0.2) is 49.1 Å². The first-order chi connectivity index (χ1) is 12.0. The lowest BCUT2D eigenvalue weighted by Crippen LogP contribution is -2.55. The molecule has 1 fully saturated rings. The van der Waals surface area contributed by atoms with Crippen molar-refractivity contribution in [1.29, 1.82) is 5.26 Å². The summed E-state index contributed by atoms with van der Waals surface area (Å²) in [6, 6.07) is 5.07. The Morgan fingerprint density at radius 1 is 1.36 bits per heavy atom. The summed E-state index contributed by atoms with van der Waals surface area (Å²) in [5.74, 6) is -0.716. The Kier molecular flexibility index (Phi) is 6.17. The van der Waals surface area contributed by atoms with Gasteiger partial charge in [-0.25, -0.2) is 9.18 Å². The van der Waals surface area contributed by atoms with Gasteiger partial charge >= 0.3 is 6.03 Å². The highest BCUT2D eigenvalue weighted by atomic mass is 19.1. The van der Waals surface area contributed by atoms with E-state index in [1.165, 1.54) is 6.07 Å². The molecule has 2 rings (SSSR count). The van der Waals surface area contributed by atoms with Crippen LogP contribution in [0.2, 0.25) is 0 Å². The number of primary amides is 1. The Morgan fingerprint density at radius 2 is 2.04 bits per heavy atom. The van der Waals surface area contributed by atoms with Crippen LogP contribution in [0.4, 0.5) is 14.9 Å². The third-order valence-corrected chi connectivity index (χ3v) is 4.23. The summed E-state index contributed by atoms with van der Waals surface area (Å²) in [7, 11) is 0. The van der Waals surface area contributed by atoms with Crippen molar-refractivity contribution < 1.29 is 14.0 Å². The summed E-state index contributed by atoms with van der Waals surface area (Å²) in [5, 5.41) is 11.6. The summed E-state index contributed by atoms with van der Waals surface area (Å²) in [4.78, 5) is 27.2. The van der Waals surface area contributed by atoms with E-state index in [4.69, 9.17) is 11.0 Å². The molecule has 25 heavy (non-hydrogen) atoms. The molecule has 134 valence electrons. The van der Waals surface area contributed by atoms with Crippen molar-refractivity contribution in [3.63, 3.8) is 0 Å². The molecule has 1 aliphatic heterocycles. The quantitative estimate of drug-likeness (QED) is 0.835. The van der Waals surface area contributed by atoms with Crippen LogP contribution in [-0.2, 0) is 4.79 Å². The molecule has 7 nitrogen and oxygen atoms in total. The summed E-state index contributed by atoms with van der Waals surface area (Å²) in [6.45, 7) is 3.76. The van der Waals surface area contributed by atoms with Crippen LogP contribution >= 0.6 is 0 Å². The Labute approximate surface area is 146 Å². The Balaban J connectivity index is 2.04. The van der Waals surface area contributed by atoms with Gasteiger partial charge in [0.1, 0.15) is 23.5 Å². The molecule has 1 aromatic rings. The Hall–Kier alpha value is -2.82. The molecule has 0 spiro atoms. The molecule has 3 amide bonds. The maximum atomic E-state index is 13.8. The van der Waals surface area contributed by atoms with Gasteiger partial charge in [-0.15, -0.1) is 0 Å². The van der Waals surface area contributed by atoms with E-state index in [1.54, 1.807) is 17.0 Å². The van der Waals surface area contributed by atoms with Gasteiger partial charge in [0.15, 0.2) is 0 Å². The van der Waals surface area contributed by atoms with E-state index in [1.807, 2.05) is 17.9 Å². The second-order valence-corrected chi connectivity index (χ2v) is 5.91. The average Bonchev–Trinajstić information content (AvgIpc) is 2.60. The number of hydrogen-bond acceptors (Lipinski definition) is 4. The van der Waals surface area contributed by atoms with Crippen molar-refractivity contribution in [2.75, 3.05) is 31.1 Å². The average molecular weight is 347 g/mol. The SMILES string of the molecule is CCC[C@@H](NC(N)=O)C(=O)N1CCN(c2cccc(F)c2C#N)CC1. The maximum Gasteiger partial charge on any atom is 0.312 e. The molecule has 1 heterocycles. The second-order valence-electron chi connectivity index (χ2n) is 5.91. The number of halogens is 1. The number of benzene rings is 1. The number of rotatable bonds is 5. The topological polar surface area (TPSA) is 102 Å². The molecule has 3 N–H and O–H groups in total. The Morgan fingerprint density at radius 3 is 2.60 bits per heavy atom. The highest BCUT2D eigenvalue weighted by Crippen LogP contribution is 2.23. The van der Waals surface area contributed by atoms with Gasteiger partial charge in [0.25, 0.3) is 0 Å². The third kappa shape index (κ3) is 4.38. The number of nitrogens with two attached hydrogens (primary N) is 1.